The van der Waals surface area contributed by atoms with E-state index in [-0.39, 0.29) is 11.7 Å². The van der Waals surface area contributed by atoms with Crippen LogP contribution in [0.25, 0.3) is 5.69 Å². The first-order valence-corrected chi connectivity index (χ1v) is 6.30. The molecule has 1 aliphatic rings. The summed E-state index contributed by atoms with van der Waals surface area (Å²) in [5.41, 5.74) is 0.558. The van der Waals surface area contributed by atoms with Crippen LogP contribution < -0.4 is 11.0 Å². The smallest absolute Gasteiger partial charge is 0.307 e. The Bertz CT molecular complexity index is 595. The second kappa shape index (κ2) is 4.59. The topological polar surface area (TPSA) is 62.7 Å². The van der Waals surface area contributed by atoms with Crippen LogP contribution in [0.3, 0.4) is 0 Å². The zero-order chi connectivity index (χ0) is 12.5. The Morgan fingerprint density at radius 2 is 2.11 bits per heavy atom. The van der Waals surface area contributed by atoms with Gasteiger partial charge in [0.25, 0.3) is 0 Å². The lowest BCUT2D eigenvalue weighted by atomic mass is 10.2. The number of hydrogen-bond acceptors (Lipinski definition) is 3. The molecule has 0 spiro atoms. The van der Waals surface area contributed by atoms with Crippen LogP contribution in [0.5, 0.6) is 0 Å². The first-order valence-electron chi connectivity index (χ1n) is 5.92. The van der Waals surface area contributed by atoms with Crippen LogP contribution in [-0.4, -0.2) is 21.3 Å². The van der Waals surface area contributed by atoms with E-state index in [9.17, 15) is 4.79 Å². The van der Waals surface area contributed by atoms with Crippen molar-refractivity contribution in [3.8, 4) is 5.69 Å². The molecule has 2 heterocycles. The van der Waals surface area contributed by atoms with Crippen molar-refractivity contribution in [3.05, 3.63) is 45.6 Å². The van der Waals surface area contributed by atoms with E-state index in [0.717, 1.165) is 30.9 Å². The lowest BCUT2D eigenvalue weighted by Gasteiger charge is -2.11. The largest absolute Gasteiger partial charge is 0.347 e. The molecule has 1 unspecified atom stereocenters. The average molecular weight is 265 g/mol. The van der Waals surface area contributed by atoms with Crippen LogP contribution in [0.1, 0.15) is 24.7 Å². The van der Waals surface area contributed by atoms with E-state index < -0.39 is 0 Å². The summed E-state index contributed by atoms with van der Waals surface area (Å²) < 4.78 is 1.60. The number of rotatable bonds is 2. The Morgan fingerprint density at radius 1 is 1.33 bits per heavy atom. The first kappa shape index (κ1) is 11.5. The van der Waals surface area contributed by atoms with Crippen molar-refractivity contribution in [3.63, 3.8) is 0 Å². The third kappa shape index (κ3) is 1.95. The second-order valence-electron chi connectivity index (χ2n) is 4.35. The third-order valence-electron chi connectivity index (χ3n) is 3.16. The fourth-order valence-corrected chi connectivity index (χ4v) is 2.41. The Kier molecular flexibility index (Phi) is 2.93. The highest BCUT2D eigenvalue weighted by Crippen LogP contribution is 2.22. The van der Waals surface area contributed by atoms with Crippen molar-refractivity contribution >= 4 is 11.6 Å². The Hall–Kier alpha value is -1.59. The lowest BCUT2D eigenvalue weighted by molar-refractivity contribution is 0.591. The number of nitrogens with zero attached hydrogens (tertiary/aromatic N) is 2. The summed E-state index contributed by atoms with van der Waals surface area (Å²) >= 11 is 5.86. The summed E-state index contributed by atoms with van der Waals surface area (Å²) in [6.45, 7) is 0.965. The van der Waals surface area contributed by atoms with E-state index in [1.54, 1.807) is 16.7 Å². The Morgan fingerprint density at radius 3 is 2.78 bits per heavy atom. The summed E-state index contributed by atoms with van der Waals surface area (Å²) in [4.78, 5) is 11.9. The molecule has 0 aliphatic carbocycles. The molecule has 0 saturated carbocycles. The van der Waals surface area contributed by atoms with Gasteiger partial charge in [-0.3, -0.25) is 0 Å². The molecule has 1 aliphatic heterocycles. The first-order chi connectivity index (χ1) is 8.75. The maximum atomic E-state index is 11.9. The van der Waals surface area contributed by atoms with Crippen LogP contribution >= 0.6 is 11.6 Å². The van der Waals surface area contributed by atoms with Crippen molar-refractivity contribution in [1.29, 1.82) is 0 Å². The quantitative estimate of drug-likeness (QED) is 0.867. The van der Waals surface area contributed by atoms with Crippen LogP contribution in [0.2, 0.25) is 5.02 Å². The van der Waals surface area contributed by atoms with Crippen LogP contribution in [0, 0.1) is 0 Å². The molecule has 1 fully saturated rings. The van der Waals surface area contributed by atoms with E-state index in [0.29, 0.717) is 5.02 Å². The zero-order valence-corrected chi connectivity index (χ0v) is 10.4. The molecule has 2 aromatic rings. The minimum absolute atomic E-state index is 0.139. The van der Waals surface area contributed by atoms with Gasteiger partial charge in [-0.1, -0.05) is 11.6 Å². The van der Waals surface area contributed by atoms with E-state index in [4.69, 9.17) is 11.6 Å². The van der Waals surface area contributed by atoms with Crippen LogP contribution in [0.15, 0.2) is 29.1 Å². The van der Waals surface area contributed by atoms with E-state index in [1.165, 1.54) is 0 Å². The zero-order valence-electron chi connectivity index (χ0n) is 9.69. The number of benzene rings is 1. The number of aromatic amines is 1. The van der Waals surface area contributed by atoms with Gasteiger partial charge in [0.15, 0.2) is 5.82 Å². The molecular formula is C12H13ClN4O. The molecule has 2 N–H and O–H groups in total. The van der Waals surface area contributed by atoms with Gasteiger partial charge in [-0.25, -0.2) is 14.5 Å². The van der Waals surface area contributed by atoms with E-state index in [2.05, 4.69) is 15.5 Å². The molecule has 18 heavy (non-hydrogen) atoms. The molecule has 6 heteroatoms. The fraction of sp³-hybridized carbons (Fsp3) is 0.333. The lowest BCUT2D eigenvalue weighted by Crippen LogP contribution is -2.22. The molecule has 1 aromatic carbocycles. The molecule has 0 amide bonds. The fourth-order valence-electron chi connectivity index (χ4n) is 2.29. The van der Waals surface area contributed by atoms with Gasteiger partial charge >= 0.3 is 5.69 Å². The summed E-state index contributed by atoms with van der Waals surface area (Å²) in [6, 6.07) is 7.30. The average Bonchev–Trinajstić information content (AvgIpc) is 2.99. The number of H-pyrrole nitrogens is 1. The SMILES string of the molecule is O=c1[nH]nc(C2CCCN2)n1-c1ccc(Cl)cc1. The van der Waals surface area contributed by atoms with Crippen LogP contribution in [-0.2, 0) is 0 Å². The normalized spacial score (nSPS) is 19.3. The monoisotopic (exact) mass is 264 g/mol. The maximum absolute atomic E-state index is 11.9. The molecule has 94 valence electrons. The molecule has 0 bridgehead atoms. The summed E-state index contributed by atoms with van der Waals surface area (Å²) in [7, 11) is 0. The number of hydrogen-bond donors (Lipinski definition) is 2. The molecule has 1 atom stereocenters. The number of nitrogens with one attached hydrogen (secondary N) is 2. The Labute approximate surface area is 109 Å². The van der Waals surface area contributed by atoms with Crippen molar-refractivity contribution in [1.82, 2.24) is 20.1 Å². The molecule has 3 rings (SSSR count). The Balaban J connectivity index is 2.07. The van der Waals surface area contributed by atoms with Gasteiger partial charge in [-0.15, -0.1) is 0 Å². The second-order valence-corrected chi connectivity index (χ2v) is 4.78. The summed E-state index contributed by atoms with van der Waals surface area (Å²) in [5, 5.41) is 10.6. The number of aromatic nitrogens is 3. The predicted octanol–water partition coefficient (Wildman–Crippen LogP) is 1.64. The highest BCUT2D eigenvalue weighted by atomic mass is 35.5. The van der Waals surface area contributed by atoms with Crippen molar-refractivity contribution in [2.24, 2.45) is 0 Å². The van der Waals surface area contributed by atoms with Gasteiger partial charge in [-0.05, 0) is 43.7 Å². The van der Waals surface area contributed by atoms with Crippen molar-refractivity contribution in [2.75, 3.05) is 6.54 Å². The highest BCUT2D eigenvalue weighted by molar-refractivity contribution is 6.30. The standard InChI is InChI=1S/C12H13ClN4O/c13-8-3-5-9(6-4-8)17-11(15-16-12(17)18)10-2-1-7-14-10/h3-6,10,14H,1-2,7H2,(H,16,18). The maximum Gasteiger partial charge on any atom is 0.347 e. The van der Waals surface area contributed by atoms with Gasteiger partial charge in [0.05, 0.1) is 11.7 Å². The van der Waals surface area contributed by atoms with E-state index >= 15 is 0 Å². The highest BCUT2D eigenvalue weighted by Gasteiger charge is 2.23. The molecule has 1 saturated heterocycles. The van der Waals surface area contributed by atoms with Gasteiger partial charge in [0.2, 0.25) is 0 Å². The van der Waals surface area contributed by atoms with Gasteiger partial charge in [0, 0.05) is 5.02 Å². The molecule has 1 aromatic heterocycles. The van der Waals surface area contributed by atoms with Gasteiger partial charge < -0.3 is 5.32 Å². The minimum atomic E-state index is -0.221. The van der Waals surface area contributed by atoms with E-state index in [1.807, 2.05) is 12.1 Å². The third-order valence-corrected chi connectivity index (χ3v) is 3.41. The van der Waals surface area contributed by atoms with Crippen molar-refractivity contribution < 1.29 is 0 Å². The summed E-state index contributed by atoms with van der Waals surface area (Å²) in [5.74, 6) is 0.736. The minimum Gasteiger partial charge on any atom is -0.307 e. The van der Waals surface area contributed by atoms with Crippen molar-refractivity contribution in [2.45, 2.75) is 18.9 Å². The molecule has 5 nitrogen and oxygen atoms in total. The summed E-state index contributed by atoms with van der Waals surface area (Å²) in [6.07, 6.45) is 2.10. The molecular weight excluding hydrogens is 252 g/mol. The predicted molar refractivity (Wildman–Crippen MR) is 69.2 cm³/mol. The molecule has 0 radical (unpaired) electrons. The van der Waals surface area contributed by atoms with Crippen LogP contribution in [0.4, 0.5) is 0 Å². The van der Waals surface area contributed by atoms with Gasteiger partial charge in [0.1, 0.15) is 0 Å². The number of halogens is 1. The van der Waals surface area contributed by atoms with Gasteiger partial charge in [-0.2, -0.15) is 5.10 Å².